The molecule has 0 atom stereocenters. The van der Waals surface area contributed by atoms with E-state index in [4.69, 9.17) is 4.74 Å². The van der Waals surface area contributed by atoms with E-state index in [0.29, 0.717) is 0 Å². The Balaban J connectivity index is 2.36. The quantitative estimate of drug-likeness (QED) is 0.319. The standard InChI is InChI=1S/C21H18O/c1-13-16-9-6-10-19(22-3)21(16)14(2)20-17(13)12-11-15-7-4-5-8-18(15)20/h4-12H,1-3H3. The average molecular weight is 286 g/mol. The number of hydrogen-bond donors (Lipinski definition) is 0. The van der Waals surface area contributed by atoms with Gasteiger partial charge in [0.1, 0.15) is 5.75 Å². The van der Waals surface area contributed by atoms with Gasteiger partial charge in [0, 0.05) is 5.39 Å². The summed E-state index contributed by atoms with van der Waals surface area (Å²) in [6, 6.07) is 19.4. The molecule has 0 amide bonds. The van der Waals surface area contributed by atoms with Crippen molar-refractivity contribution in [3.8, 4) is 5.75 Å². The third-order valence-electron chi connectivity index (χ3n) is 4.73. The molecule has 4 rings (SSSR count). The van der Waals surface area contributed by atoms with E-state index >= 15 is 0 Å². The number of ether oxygens (including phenoxy) is 1. The molecule has 1 nitrogen and oxygen atoms in total. The summed E-state index contributed by atoms with van der Waals surface area (Å²) in [5.74, 6) is 0.952. The van der Waals surface area contributed by atoms with E-state index in [9.17, 15) is 0 Å². The van der Waals surface area contributed by atoms with Crippen LogP contribution in [0.25, 0.3) is 32.3 Å². The molecule has 0 saturated heterocycles. The van der Waals surface area contributed by atoms with Crippen LogP contribution in [0, 0.1) is 13.8 Å². The Kier molecular flexibility index (Phi) is 2.83. The van der Waals surface area contributed by atoms with Crippen LogP contribution in [0.4, 0.5) is 0 Å². The fraction of sp³-hybridized carbons (Fsp3) is 0.143. The van der Waals surface area contributed by atoms with Crippen LogP contribution in [0.5, 0.6) is 5.75 Å². The lowest BCUT2D eigenvalue weighted by molar-refractivity contribution is 0.419. The van der Waals surface area contributed by atoms with Crippen LogP contribution >= 0.6 is 0 Å². The smallest absolute Gasteiger partial charge is 0.126 e. The van der Waals surface area contributed by atoms with Crippen LogP contribution in [-0.2, 0) is 0 Å². The third kappa shape index (κ3) is 1.66. The largest absolute Gasteiger partial charge is 0.496 e. The van der Waals surface area contributed by atoms with E-state index in [2.05, 4.69) is 62.4 Å². The van der Waals surface area contributed by atoms with Gasteiger partial charge >= 0.3 is 0 Å². The van der Waals surface area contributed by atoms with Gasteiger partial charge in [-0.3, -0.25) is 0 Å². The molecule has 0 spiro atoms. The Morgan fingerprint density at radius 3 is 2.18 bits per heavy atom. The molecule has 0 aliphatic rings. The molecule has 0 aromatic heterocycles. The number of rotatable bonds is 1. The van der Waals surface area contributed by atoms with Gasteiger partial charge in [0.25, 0.3) is 0 Å². The zero-order chi connectivity index (χ0) is 15.3. The maximum Gasteiger partial charge on any atom is 0.126 e. The van der Waals surface area contributed by atoms with Crippen LogP contribution in [0.1, 0.15) is 11.1 Å². The molecule has 0 bridgehead atoms. The summed E-state index contributed by atoms with van der Waals surface area (Å²) < 4.78 is 5.62. The lowest BCUT2D eigenvalue weighted by Gasteiger charge is -2.16. The van der Waals surface area contributed by atoms with Crippen molar-refractivity contribution in [2.24, 2.45) is 0 Å². The Morgan fingerprint density at radius 1 is 0.636 bits per heavy atom. The summed E-state index contributed by atoms with van der Waals surface area (Å²) in [6.45, 7) is 4.41. The summed E-state index contributed by atoms with van der Waals surface area (Å²) in [4.78, 5) is 0. The molecule has 0 saturated carbocycles. The zero-order valence-corrected chi connectivity index (χ0v) is 13.1. The molecule has 0 radical (unpaired) electrons. The van der Waals surface area contributed by atoms with Crippen molar-refractivity contribution >= 4 is 32.3 Å². The normalized spacial score (nSPS) is 11.4. The molecule has 0 aliphatic carbocycles. The summed E-state index contributed by atoms with van der Waals surface area (Å²) in [6.07, 6.45) is 0. The van der Waals surface area contributed by atoms with Gasteiger partial charge in [0.2, 0.25) is 0 Å². The summed E-state index contributed by atoms with van der Waals surface area (Å²) in [5.41, 5.74) is 2.62. The Bertz CT molecular complexity index is 1030. The molecule has 0 unspecified atom stereocenters. The monoisotopic (exact) mass is 286 g/mol. The predicted molar refractivity (Wildman–Crippen MR) is 95.0 cm³/mol. The molecular weight excluding hydrogens is 268 g/mol. The van der Waals surface area contributed by atoms with E-state index in [-0.39, 0.29) is 0 Å². The maximum absolute atomic E-state index is 5.62. The second-order valence-electron chi connectivity index (χ2n) is 5.84. The second kappa shape index (κ2) is 4.74. The average Bonchev–Trinajstić information content (AvgIpc) is 2.58. The fourth-order valence-electron chi connectivity index (χ4n) is 3.66. The van der Waals surface area contributed by atoms with Gasteiger partial charge in [-0.25, -0.2) is 0 Å². The van der Waals surface area contributed by atoms with E-state index in [1.807, 2.05) is 6.07 Å². The molecule has 0 heterocycles. The van der Waals surface area contributed by atoms with Crippen molar-refractivity contribution in [3.63, 3.8) is 0 Å². The van der Waals surface area contributed by atoms with Crippen LogP contribution in [-0.4, -0.2) is 7.11 Å². The number of hydrogen-bond acceptors (Lipinski definition) is 1. The third-order valence-corrected chi connectivity index (χ3v) is 4.73. The first-order valence-electron chi connectivity index (χ1n) is 7.59. The minimum atomic E-state index is 0.952. The first kappa shape index (κ1) is 13.1. The summed E-state index contributed by atoms with van der Waals surface area (Å²) in [5, 5.41) is 7.77. The highest BCUT2D eigenvalue weighted by molar-refractivity contribution is 6.17. The summed E-state index contributed by atoms with van der Waals surface area (Å²) in [7, 11) is 1.75. The van der Waals surface area contributed by atoms with E-state index in [1.54, 1.807) is 7.11 Å². The molecule has 4 aromatic carbocycles. The highest BCUT2D eigenvalue weighted by Crippen LogP contribution is 2.39. The lowest BCUT2D eigenvalue weighted by Crippen LogP contribution is -1.93. The molecule has 22 heavy (non-hydrogen) atoms. The van der Waals surface area contributed by atoms with Crippen LogP contribution in [0.3, 0.4) is 0 Å². The van der Waals surface area contributed by atoms with Crippen LogP contribution < -0.4 is 4.74 Å². The minimum absolute atomic E-state index is 0.952. The van der Waals surface area contributed by atoms with Gasteiger partial charge in [-0.05, 0) is 58.0 Å². The number of fused-ring (bicyclic) bond motifs is 4. The van der Waals surface area contributed by atoms with Crippen LogP contribution in [0.15, 0.2) is 54.6 Å². The van der Waals surface area contributed by atoms with Gasteiger partial charge in [-0.15, -0.1) is 0 Å². The maximum atomic E-state index is 5.62. The highest BCUT2D eigenvalue weighted by Gasteiger charge is 2.14. The minimum Gasteiger partial charge on any atom is -0.496 e. The first-order valence-corrected chi connectivity index (χ1v) is 7.59. The fourth-order valence-corrected chi connectivity index (χ4v) is 3.66. The topological polar surface area (TPSA) is 9.23 Å². The second-order valence-corrected chi connectivity index (χ2v) is 5.84. The molecule has 108 valence electrons. The Labute approximate surface area is 130 Å². The van der Waals surface area contributed by atoms with E-state index in [0.717, 1.165) is 5.75 Å². The van der Waals surface area contributed by atoms with Gasteiger partial charge < -0.3 is 4.74 Å². The number of aryl methyl sites for hydroxylation is 2. The Morgan fingerprint density at radius 2 is 1.36 bits per heavy atom. The molecular formula is C21H18O. The van der Waals surface area contributed by atoms with Gasteiger partial charge in [0.05, 0.1) is 7.11 Å². The van der Waals surface area contributed by atoms with Gasteiger partial charge in [0.15, 0.2) is 0 Å². The lowest BCUT2D eigenvalue weighted by atomic mass is 9.89. The predicted octanol–water partition coefficient (Wildman–Crippen LogP) is 5.77. The molecule has 0 aliphatic heterocycles. The van der Waals surface area contributed by atoms with Gasteiger partial charge in [-0.2, -0.15) is 0 Å². The van der Waals surface area contributed by atoms with Crippen molar-refractivity contribution in [2.45, 2.75) is 13.8 Å². The summed E-state index contributed by atoms with van der Waals surface area (Å²) >= 11 is 0. The first-order chi connectivity index (χ1) is 10.7. The SMILES string of the molecule is COc1cccc2c(C)c3ccc4ccccc4c3c(C)c12. The van der Waals surface area contributed by atoms with Crippen molar-refractivity contribution in [3.05, 3.63) is 65.7 Å². The zero-order valence-electron chi connectivity index (χ0n) is 13.1. The molecule has 4 aromatic rings. The van der Waals surface area contributed by atoms with Crippen molar-refractivity contribution < 1.29 is 4.74 Å². The highest BCUT2D eigenvalue weighted by atomic mass is 16.5. The molecule has 0 fully saturated rings. The van der Waals surface area contributed by atoms with Crippen molar-refractivity contribution in [1.29, 1.82) is 0 Å². The van der Waals surface area contributed by atoms with Crippen LogP contribution in [0.2, 0.25) is 0 Å². The molecule has 0 N–H and O–H groups in total. The van der Waals surface area contributed by atoms with Crippen molar-refractivity contribution in [1.82, 2.24) is 0 Å². The number of benzene rings is 4. The Hall–Kier alpha value is -2.54. The van der Waals surface area contributed by atoms with Crippen molar-refractivity contribution in [2.75, 3.05) is 7.11 Å². The number of methoxy groups -OCH3 is 1. The van der Waals surface area contributed by atoms with Gasteiger partial charge in [-0.1, -0.05) is 48.5 Å². The van der Waals surface area contributed by atoms with E-state index < -0.39 is 0 Å². The molecule has 1 heteroatoms. The van der Waals surface area contributed by atoms with E-state index in [1.165, 1.54) is 43.4 Å².